The average Bonchev–Trinajstić information content (AvgIpc) is 2.77. The summed E-state index contributed by atoms with van der Waals surface area (Å²) in [5, 5.41) is 10.3. The first kappa shape index (κ1) is 13.6. The van der Waals surface area contributed by atoms with Crippen molar-refractivity contribution in [3.05, 3.63) is 21.7 Å². The molecule has 5 heteroatoms. The molecule has 1 aliphatic rings. The van der Waals surface area contributed by atoms with Crippen LogP contribution in [0.5, 0.6) is 0 Å². The maximum absolute atomic E-state index is 12.0. The molecule has 0 atom stereocenters. The monoisotopic (exact) mass is 268 g/mol. The molecule has 0 aliphatic heterocycles. The number of rotatable bonds is 5. The van der Waals surface area contributed by atoms with Crippen molar-refractivity contribution in [1.82, 2.24) is 9.55 Å². The zero-order valence-corrected chi connectivity index (χ0v) is 11.8. The zero-order valence-electron chi connectivity index (χ0n) is 11.0. The second kappa shape index (κ2) is 5.89. The van der Waals surface area contributed by atoms with E-state index in [1.54, 1.807) is 16.3 Å². The first-order valence-electron chi connectivity index (χ1n) is 6.53. The van der Waals surface area contributed by atoms with Gasteiger partial charge in [-0.3, -0.25) is 4.57 Å². The number of aliphatic hydroxyl groups excluding tert-OH is 1. The highest BCUT2D eigenvalue weighted by Crippen LogP contribution is 2.31. The summed E-state index contributed by atoms with van der Waals surface area (Å²) in [5.41, 5.74) is 2.24. The van der Waals surface area contributed by atoms with Crippen molar-refractivity contribution in [3.8, 4) is 0 Å². The molecule has 1 aromatic heterocycles. The van der Waals surface area contributed by atoms with E-state index in [1.807, 2.05) is 0 Å². The quantitative estimate of drug-likeness (QED) is 0.651. The van der Waals surface area contributed by atoms with Gasteiger partial charge >= 0.3 is 5.69 Å². The predicted octanol–water partition coefficient (Wildman–Crippen LogP) is 1.61. The van der Waals surface area contributed by atoms with E-state index in [0.29, 0.717) is 18.2 Å². The van der Waals surface area contributed by atoms with Crippen LogP contribution in [0.4, 0.5) is 0 Å². The molecule has 4 nitrogen and oxygen atoms in total. The summed E-state index contributed by atoms with van der Waals surface area (Å²) >= 11 is 1.68. The lowest BCUT2D eigenvalue weighted by Gasteiger charge is -2.14. The number of thioether (sulfide) groups is 1. The number of aromatic nitrogens is 2. The van der Waals surface area contributed by atoms with Crippen LogP contribution in [-0.2, 0) is 19.4 Å². The fraction of sp³-hybridized carbons (Fsp3) is 0.692. The minimum atomic E-state index is -0.160. The van der Waals surface area contributed by atoms with Crippen LogP contribution in [0.3, 0.4) is 0 Å². The predicted molar refractivity (Wildman–Crippen MR) is 73.2 cm³/mol. The Bertz CT molecular complexity index is 483. The summed E-state index contributed by atoms with van der Waals surface area (Å²) in [7, 11) is 0. The molecule has 0 saturated carbocycles. The van der Waals surface area contributed by atoms with Crippen LogP contribution < -0.4 is 5.69 Å². The average molecular weight is 268 g/mol. The topological polar surface area (TPSA) is 55.1 Å². The third kappa shape index (κ3) is 2.78. The maximum Gasteiger partial charge on any atom is 0.348 e. The second-order valence-corrected chi connectivity index (χ2v) is 6.44. The molecule has 1 aliphatic carbocycles. The van der Waals surface area contributed by atoms with Crippen molar-refractivity contribution in [2.45, 2.75) is 56.4 Å². The van der Waals surface area contributed by atoms with Crippen molar-refractivity contribution in [1.29, 1.82) is 0 Å². The number of aliphatic hydroxyl groups is 1. The number of hydrogen-bond acceptors (Lipinski definition) is 4. The molecule has 0 fully saturated rings. The van der Waals surface area contributed by atoms with E-state index in [4.69, 9.17) is 5.11 Å². The van der Waals surface area contributed by atoms with Crippen LogP contribution in [0, 0.1) is 0 Å². The number of nitrogens with zero attached hydrogens (tertiary/aromatic N) is 2. The zero-order chi connectivity index (χ0) is 13.1. The van der Waals surface area contributed by atoms with Crippen molar-refractivity contribution in [3.63, 3.8) is 0 Å². The molecule has 0 saturated heterocycles. The third-order valence-corrected chi connectivity index (χ3v) is 4.12. The Kier molecular flexibility index (Phi) is 4.45. The van der Waals surface area contributed by atoms with Crippen molar-refractivity contribution < 1.29 is 5.11 Å². The van der Waals surface area contributed by atoms with Crippen LogP contribution in [0.2, 0.25) is 0 Å². The highest BCUT2D eigenvalue weighted by molar-refractivity contribution is 7.99. The Balaban J connectivity index is 2.40. The van der Waals surface area contributed by atoms with Crippen molar-refractivity contribution in [2.75, 3.05) is 6.61 Å². The molecule has 0 radical (unpaired) electrons. The highest BCUT2D eigenvalue weighted by Gasteiger charge is 2.22. The summed E-state index contributed by atoms with van der Waals surface area (Å²) in [6.45, 7) is 4.93. The van der Waals surface area contributed by atoms with Gasteiger partial charge in [0.15, 0.2) is 0 Å². The molecular formula is C13H20N2O2S. The van der Waals surface area contributed by atoms with Gasteiger partial charge in [0.25, 0.3) is 0 Å². The molecule has 1 heterocycles. The van der Waals surface area contributed by atoms with Gasteiger partial charge in [0.05, 0.1) is 0 Å². The summed E-state index contributed by atoms with van der Waals surface area (Å²) in [6, 6.07) is 0. The van der Waals surface area contributed by atoms with Gasteiger partial charge in [0.2, 0.25) is 0 Å². The van der Waals surface area contributed by atoms with Crippen LogP contribution in [0.15, 0.2) is 9.82 Å². The Labute approximate surface area is 111 Å². The molecule has 100 valence electrons. The van der Waals surface area contributed by atoms with E-state index in [0.717, 1.165) is 30.0 Å². The van der Waals surface area contributed by atoms with Gasteiger partial charge in [0, 0.05) is 29.7 Å². The smallest absolute Gasteiger partial charge is 0.348 e. The summed E-state index contributed by atoms with van der Waals surface area (Å²) in [4.78, 5) is 16.3. The molecule has 0 spiro atoms. The Morgan fingerprint density at radius 3 is 2.89 bits per heavy atom. The molecule has 0 unspecified atom stereocenters. The molecule has 0 amide bonds. The summed E-state index contributed by atoms with van der Waals surface area (Å²) in [5.74, 6) is 0. The molecule has 2 rings (SSSR count). The Morgan fingerprint density at radius 1 is 1.44 bits per heavy atom. The Morgan fingerprint density at radius 2 is 2.22 bits per heavy atom. The Hall–Kier alpha value is -0.810. The van der Waals surface area contributed by atoms with Gasteiger partial charge in [0.1, 0.15) is 5.03 Å². The summed E-state index contributed by atoms with van der Waals surface area (Å²) in [6.07, 6.45) is 3.71. The van der Waals surface area contributed by atoms with Gasteiger partial charge in [-0.2, -0.15) is 4.98 Å². The minimum Gasteiger partial charge on any atom is -0.396 e. The molecule has 1 N–H and O–H groups in total. The molecular weight excluding hydrogens is 248 g/mol. The van der Waals surface area contributed by atoms with Crippen LogP contribution in [0.1, 0.15) is 37.9 Å². The minimum absolute atomic E-state index is 0.115. The van der Waals surface area contributed by atoms with Crippen molar-refractivity contribution in [2.24, 2.45) is 0 Å². The highest BCUT2D eigenvalue weighted by atomic mass is 32.2. The normalized spacial score (nSPS) is 14.2. The number of fused-ring (bicyclic) bond motifs is 1. The first-order valence-corrected chi connectivity index (χ1v) is 7.41. The van der Waals surface area contributed by atoms with E-state index in [-0.39, 0.29) is 12.3 Å². The first-order chi connectivity index (χ1) is 8.63. The van der Waals surface area contributed by atoms with E-state index in [2.05, 4.69) is 18.8 Å². The van der Waals surface area contributed by atoms with E-state index >= 15 is 0 Å². The fourth-order valence-electron chi connectivity index (χ4n) is 2.37. The lowest BCUT2D eigenvalue weighted by Crippen LogP contribution is -2.27. The SMILES string of the molecule is CC(C)Sc1nc(=O)n(CCCO)c2c1CCC2. The molecule has 18 heavy (non-hydrogen) atoms. The molecule has 0 aromatic carbocycles. The standard InChI is InChI=1S/C13H20N2O2S/c1-9(2)18-12-10-5-3-6-11(10)15(7-4-8-16)13(17)14-12/h9,16H,3-8H2,1-2H3. The van der Waals surface area contributed by atoms with E-state index < -0.39 is 0 Å². The van der Waals surface area contributed by atoms with Crippen molar-refractivity contribution >= 4 is 11.8 Å². The molecule has 0 bridgehead atoms. The van der Waals surface area contributed by atoms with Crippen LogP contribution in [0.25, 0.3) is 0 Å². The second-order valence-electron chi connectivity index (χ2n) is 4.87. The van der Waals surface area contributed by atoms with Gasteiger partial charge in [-0.25, -0.2) is 4.79 Å². The van der Waals surface area contributed by atoms with Gasteiger partial charge < -0.3 is 5.11 Å². The fourth-order valence-corrected chi connectivity index (χ4v) is 3.31. The van der Waals surface area contributed by atoms with E-state index in [1.165, 1.54) is 5.56 Å². The summed E-state index contributed by atoms with van der Waals surface area (Å²) < 4.78 is 1.75. The van der Waals surface area contributed by atoms with Gasteiger partial charge in [-0.1, -0.05) is 13.8 Å². The lowest BCUT2D eigenvalue weighted by molar-refractivity contribution is 0.277. The molecule has 1 aromatic rings. The van der Waals surface area contributed by atoms with E-state index in [9.17, 15) is 4.79 Å². The largest absolute Gasteiger partial charge is 0.396 e. The van der Waals surface area contributed by atoms with Gasteiger partial charge in [-0.05, 0) is 25.7 Å². The van der Waals surface area contributed by atoms with Crippen LogP contribution >= 0.6 is 11.8 Å². The third-order valence-electron chi connectivity index (χ3n) is 3.09. The van der Waals surface area contributed by atoms with Gasteiger partial charge in [-0.15, -0.1) is 11.8 Å². The maximum atomic E-state index is 12.0. The number of hydrogen-bond donors (Lipinski definition) is 1. The van der Waals surface area contributed by atoms with Crippen LogP contribution in [-0.4, -0.2) is 26.5 Å². The lowest BCUT2D eigenvalue weighted by atomic mass is 10.2.